The van der Waals surface area contributed by atoms with E-state index in [9.17, 15) is 20.4 Å². The molecule has 0 bridgehead atoms. The maximum atomic E-state index is 10.2. The highest BCUT2D eigenvalue weighted by Crippen LogP contribution is 2.30. The van der Waals surface area contributed by atoms with E-state index in [1.807, 2.05) is 6.07 Å². The molecule has 7 nitrogen and oxygen atoms in total. The molecule has 0 aromatic heterocycles. The molecule has 21 heavy (non-hydrogen) atoms. The molecule has 114 valence electrons. The molecular formula is C14H17NO6. The Morgan fingerprint density at radius 1 is 1.24 bits per heavy atom. The van der Waals surface area contributed by atoms with Gasteiger partial charge in [-0.1, -0.05) is 12.1 Å². The van der Waals surface area contributed by atoms with E-state index in [0.29, 0.717) is 0 Å². The lowest BCUT2D eigenvalue weighted by atomic mass is 9.98. The van der Waals surface area contributed by atoms with E-state index in [1.54, 1.807) is 12.1 Å². The molecule has 1 aromatic carbocycles. The molecular weight excluding hydrogens is 278 g/mol. The Morgan fingerprint density at radius 3 is 2.43 bits per heavy atom. The van der Waals surface area contributed by atoms with E-state index >= 15 is 0 Å². The average Bonchev–Trinajstić information content (AvgIpc) is 2.45. The van der Waals surface area contributed by atoms with Crippen LogP contribution in [0.1, 0.15) is 12.5 Å². The summed E-state index contributed by atoms with van der Waals surface area (Å²) in [6.45, 7) is 1.43. The van der Waals surface area contributed by atoms with Gasteiger partial charge in [-0.2, -0.15) is 5.26 Å². The Hall–Kier alpha value is -1.69. The van der Waals surface area contributed by atoms with Crippen LogP contribution < -0.4 is 4.74 Å². The van der Waals surface area contributed by atoms with Crippen LogP contribution in [0.4, 0.5) is 0 Å². The van der Waals surface area contributed by atoms with Gasteiger partial charge in [-0.25, -0.2) is 0 Å². The molecule has 0 saturated carbocycles. The van der Waals surface area contributed by atoms with Crippen molar-refractivity contribution in [1.29, 1.82) is 5.26 Å². The van der Waals surface area contributed by atoms with Crippen molar-refractivity contribution in [2.75, 3.05) is 0 Å². The van der Waals surface area contributed by atoms with Crippen molar-refractivity contribution in [3.8, 4) is 11.8 Å². The monoisotopic (exact) mass is 295 g/mol. The van der Waals surface area contributed by atoms with Gasteiger partial charge in [0, 0.05) is 0 Å². The zero-order valence-electron chi connectivity index (χ0n) is 11.4. The number of rotatable bonds is 3. The number of hydrogen-bond acceptors (Lipinski definition) is 7. The van der Waals surface area contributed by atoms with Crippen molar-refractivity contribution >= 4 is 0 Å². The van der Waals surface area contributed by atoms with Crippen LogP contribution in [0.25, 0.3) is 0 Å². The fourth-order valence-corrected chi connectivity index (χ4v) is 2.11. The summed E-state index contributed by atoms with van der Waals surface area (Å²) in [4.78, 5) is 0. The minimum Gasteiger partial charge on any atom is -0.437 e. The summed E-state index contributed by atoms with van der Waals surface area (Å²) in [5, 5.41) is 47.9. The third-order valence-corrected chi connectivity index (χ3v) is 3.35. The molecule has 1 heterocycles. The number of aliphatic hydroxyl groups excluding tert-OH is 3. The molecule has 1 saturated heterocycles. The van der Waals surface area contributed by atoms with Crippen LogP contribution in [0, 0.1) is 11.3 Å². The van der Waals surface area contributed by atoms with E-state index < -0.39 is 30.4 Å². The summed E-state index contributed by atoms with van der Waals surface area (Å²) < 4.78 is 10.3. The number of aliphatic hydroxyl groups is 4. The maximum absolute atomic E-state index is 10.2. The fourth-order valence-electron chi connectivity index (χ4n) is 2.11. The first kappa shape index (κ1) is 15.7. The van der Waals surface area contributed by atoms with Crippen molar-refractivity contribution in [3.05, 3.63) is 29.8 Å². The molecule has 0 unspecified atom stereocenters. The lowest BCUT2D eigenvalue weighted by molar-refractivity contribution is -0.417. The first-order valence-electron chi connectivity index (χ1n) is 6.46. The van der Waals surface area contributed by atoms with Gasteiger partial charge in [0.2, 0.25) is 0 Å². The number of hydrogen-bond donors (Lipinski definition) is 4. The first-order valence-corrected chi connectivity index (χ1v) is 6.46. The van der Waals surface area contributed by atoms with Crippen LogP contribution in [0.2, 0.25) is 0 Å². The zero-order chi connectivity index (χ0) is 15.6. The van der Waals surface area contributed by atoms with Crippen LogP contribution in [0.15, 0.2) is 24.3 Å². The van der Waals surface area contributed by atoms with Crippen molar-refractivity contribution in [1.82, 2.24) is 0 Å². The molecule has 4 N–H and O–H groups in total. The largest absolute Gasteiger partial charge is 0.437 e. The second-order valence-electron chi connectivity index (χ2n) is 4.96. The van der Waals surface area contributed by atoms with Crippen LogP contribution in [-0.2, 0) is 11.2 Å². The normalized spacial score (nSPS) is 36.0. The first-order chi connectivity index (χ1) is 9.87. The summed E-state index contributed by atoms with van der Waals surface area (Å²) in [6.07, 6.45) is -5.45. The molecule has 1 aliphatic heterocycles. The van der Waals surface area contributed by atoms with E-state index in [4.69, 9.17) is 14.7 Å². The van der Waals surface area contributed by atoms with E-state index in [-0.39, 0.29) is 12.2 Å². The van der Waals surface area contributed by atoms with Gasteiger partial charge in [0.1, 0.15) is 18.0 Å². The molecule has 1 fully saturated rings. The van der Waals surface area contributed by atoms with Crippen molar-refractivity contribution in [2.45, 2.75) is 43.7 Å². The predicted molar refractivity (Wildman–Crippen MR) is 69.9 cm³/mol. The van der Waals surface area contributed by atoms with Gasteiger partial charge in [-0.3, -0.25) is 0 Å². The van der Waals surface area contributed by atoms with Gasteiger partial charge in [-0.05, 0) is 24.6 Å². The Kier molecular flexibility index (Phi) is 4.46. The second-order valence-corrected chi connectivity index (χ2v) is 4.96. The third kappa shape index (κ3) is 3.15. The second kappa shape index (κ2) is 5.97. The Balaban J connectivity index is 2.15. The number of benzene rings is 1. The van der Waals surface area contributed by atoms with Gasteiger partial charge < -0.3 is 29.9 Å². The topological polar surface area (TPSA) is 123 Å². The molecule has 0 spiro atoms. The smallest absolute Gasteiger partial charge is 0.355 e. The Labute approximate surface area is 121 Å². The number of ether oxygens (including phenoxy) is 2. The van der Waals surface area contributed by atoms with Gasteiger partial charge >= 0.3 is 5.97 Å². The van der Waals surface area contributed by atoms with E-state index in [1.165, 1.54) is 19.1 Å². The van der Waals surface area contributed by atoms with Gasteiger partial charge in [-0.15, -0.1) is 0 Å². The average molecular weight is 295 g/mol. The lowest BCUT2D eigenvalue weighted by Crippen LogP contribution is -2.66. The van der Waals surface area contributed by atoms with Gasteiger partial charge in [0.15, 0.2) is 6.10 Å². The fraction of sp³-hybridized carbons (Fsp3) is 0.500. The van der Waals surface area contributed by atoms with Crippen LogP contribution in [-0.4, -0.2) is 50.8 Å². The highest BCUT2D eigenvalue weighted by atomic mass is 16.8. The molecule has 2 rings (SSSR count). The number of nitriles is 1. The van der Waals surface area contributed by atoms with Crippen LogP contribution in [0.3, 0.4) is 0 Å². The zero-order valence-corrected chi connectivity index (χ0v) is 11.4. The molecule has 7 heteroatoms. The Bertz CT molecular complexity index is 527. The van der Waals surface area contributed by atoms with E-state index in [2.05, 4.69) is 0 Å². The highest BCUT2D eigenvalue weighted by molar-refractivity contribution is 5.29. The summed E-state index contributed by atoms with van der Waals surface area (Å²) in [7, 11) is 0. The minimum absolute atomic E-state index is 0.189. The van der Waals surface area contributed by atoms with Crippen molar-refractivity contribution in [3.63, 3.8) is 0 Å². The SMILES string of the molecule is C[C@@H]1O[C@@](O)(Oc2ccc(CC#N)cc2)[C@H](O)[C@H](O)[C@H]1O. The Morgan fingerprint density at radius 2 is 1.86 bits per heavy atom. The van der Waals surface area contributed by atoms with Crippen molar-refractivity contribution < 1.29 is 29.9 Å². The number of nitrogens with zero attached hydrogens (tertiary/aromatic N) is 1. The third-order valence-electron chi connectivity index (χ3n) is 3.35. The predicted octanol–water partition coefficient (Wildman–Crippen LogP) is -0.721. The van der Waals surface area contributed by atoms with E-state index in [0.717, 1.165) is 5.56 Å². The highest BCUT2D eigenvalue weighted by Gasteiger charge is 2.54. The molecule has 0 radical (unpaired) electrons. The minimum atomic E-state index is -2.46. The van der Waals surface area contributed by atoms with Gasteiger partial charge in [0.25, 0.3) is 0 Å². The summed E-state index contributed by atoms with van der Waals surface area (Å²) in [6, 6.07) is 8.27. The molecule has 5 atom stereocenters. The lowest BCUT2D eigenvalue weighted by Gasteiger charge is -2.43. The molecule has 0 aliphatic carbocycles. The van der Waals surface area contributed by atoms with Gasteiger partial charge in [0.05, 0.1) is 18.6 Å². The summed E-state index contributed by atoms with van der Waals surface area (Å²) in [5.74, 6) is -2.27. The van der Waals surface area contributed by atoms with Crippen molar-refractivity contribution in [2.24, 2.45) is 0 Å². The summed E-state index contributed by atoms with van der Waals surface area (Å²) in [5.41, 5.74) is 0.769. The maximum Gasteiger partial charge on any atom is 0.355 e. The molecule has 1 aliphatic rings. The molecule has 0 amide bonds. The van der Waals surface area contributed by atoms with Crippen LogP contribution >= 0.6 is 0 Å². The quantitative estimate of drug-likeness (QED) is 0.542. The van der Waals surface area contributed by atoms with Crippen LogP contribution in [0.5, 0.6) is 5.75 Å². The molecule has 1 aromatic rings. The standard InChI is InChI=1S/C14H17NO6/c1-8-11(16)12(17)13(18)14(19,20-8)21-10-4-2-9(3-5-10)6-7-15/h2-5,8,11-13,16-19H,6H2,1H3/t8-,11-,12+,13+,14+/m0/s1. The summed E-state index contributed by atoms with van der Waals surface area (Å²) >= 11 is 0.